The predicted molar refractivity (Wildman–Crippen MR) is 104 cm³/mol. The molecule has 7 heteroatoms. The number of ether oxygens (including phenoxy) is 4. The molecule has 2 aromatic carbocycles. The zero-order valence-corrected chi connectivity index (χ0v) is 16.3. The van der Waals surface area contributed by atoms with Crippen LogP contribution in [0.25, 0.3) is 6.08 Å². The molecule has 0 saturated heterocycles. The summed E-state index contributed by atoms with van der Waals surface area (Å²) in [6.07, 6.45) is 0.805. The molecule has 0 N–H and O–H groups in total. The summed E-state index contributed by atoms with van der Waals surface area (Å²) in [6.45, 7) is 3.57. The summed E-state index contributed by atoms with van der Waals surface area (Å²) in [5, 5.41) is 0. The number of methoxy groups -OCH3 is 1. The van der Waals surface area contributed by atoms with Crippen molar-refractivity contribution in [1.29, 1.82) is 0 Å². The maximum atomic E-state index is 12.6. The van der Waals surface area contributed by atoms with Crippen LogP contribution >= 0.6 is 0 Å². The molecule has 0 aliphatic carbocycles. The van der Waals surface area contributed by atoms with Gasteiger partial charge in [0.2, 0.25) is 5.78 Å². The molecule has 150 valence electrons. The van der Waals surface area contributed by atoms with E-state index >= 15 is 0 Å². The van der Waals surface area contributed by atoms with Crippen LogP contribution in [0.15, 0.2) is 48.2 Å². The van der Waals surface area contributed by atoms with E-state index in [-0.39, 0.29) is 18.1 Å². The molecule has 0 spiro atoms. The fourth-order valence-electron chi connectivity index (χ4n) is 2.74. The van der Waals surface area contributed by atoms with Gasteiger partial charge in [0.05, 0.1) is 24.8 Å². The van der Waals surface area contributed by atoms with Crippen molar-refractivity contribution in [2.45, 2.75) is 20.0 Å². The Kier molecular flexibility index (Phi) is 5.97. The van der Waals surface area contributed by atoms with Gasteiger partial charge in [0.25, 0.3) is 0 Å². The van der Waals surface area contributed by atoms with E-state index < -0.39 is 18.0 Å². The van der Waals surface area contributed by atoms with Crippen molar-refractivity contribution >= 4 is 23.8 Å². The molecule has 1 aliphatic heterocycles. The molecule has 0 unspecified atom stereocenters. The lowest BCUT2D eigenvalue weighted by Gasteiger charge is -2.13. The Labute approximate surface area is 167 Å². The third-order valence-electron chi connectivity index (χ3n) is 4.20. The van der Waals surface area contributed by atoms with E-state index in [0.29, 0.717) is 28.2 Å². The molecule has 1 heterocycles. The molecule has 2 aromatic rings. The molecule has 3 rings (SSSR count). The summed E-state index contributed by atoms with van der Waals surface area (Å²) in [5.74, 6) is -0.277. The average molecular weight is 396 g/mol. The highest BCUT2D eigenvalue weighted by Crippen LogP contribution is 2.35. The average Bonchev–Trinajstić information content (AvgIpc) is 3.02. The Hall–Kier alpha value is -3.61. The lowest BCUT2D eigenvalue weighted by atomic mass is 10.1. The number of hydrogen-bond donors (Lipinski definition) is 0. The first kappa shape index (κ1) is 20.1. The molecule has 0 bridgehead atoms. The molecule has 1 atom stereocenters. The van der Waals surface area contributed by atoms with Crippen molar-refractivity contribution in [3.8, 4) is 11.5 Å². The number of esters is 2. The van der Waals surface area contributed by atoms with E-state index in [1.807, 2.05) is 0 Å². The molecular formula is C22H20O7. The second-order valence-corrected chi connectivity index (χ2v) is 6.22. The van der Waals surface area contributed by atoms with E-state index in [4.69, 9.17) is 14.2 Å². The number of benzene rings is 2. The van der Waals surface area contributed by atoms with Gasteiger partial charge in [0.1, 0.15) is 11.5 Å². The second-order valence-electron chi connectivity index (χ2n) is 6.22. The summed E-state index contributed by atoms with van der Waals surface area (Å²) in [5.41, 5.74) is 1.51. The van der Waals surface area contributed by atoms with Gasteiger partial charge in [-0.2, -0.15) is 0 Å². The van der Waals surface area contributed by atoms with Crippen molar-refractivity contribution in [3.63, 3.8) is 0 Å². The molecular weight excluding hydrogens is 376 g/mol. The SMILES string of the molecule is CCOC(=O)[C@H](C)Oc1ccc2c(c1)OC(=Cc1ccc(C(=O)OC)cc1)C2=O. The Bertz CT molecular complexity index is 973. The standard InChI is InChI=1S/C22H20O7/c1-4-27-21(24)13(2)28-16-9-10-17-18(12-16)29-19(20(17)23)11-14-5-7-15(8-6-14)22(25)26-3/h5-13H,4H2,1-3H3/t13-/m0/s1. The van der Waals surface area contributed by atoms with Gasteiger partial charge in [-0.3, -0.25) is 4.79 Å². The Morgan fingerprint density at radius 3 is 2.52 bits per heavy atom. The Morgan fingerprint density at radius 2 is 1.86 bits per heavy atom. The molecule has 7 nitrogen and oxygen atoms in total. The maximum Gasteiger partial charge on any atom is 0.347 e. The Morgan fingerprint density at radius 1 is 1.14 bits per heavy atom. The lowest BCUT2D eigenvalue weighted by molar-refractivity contribution is -0.150. The van der Waals surface area contributed by atoms with Gasteiger partial charge in [-0.05, 0) is 49.8 Å². The van der Waals surface area contributed by atoms with Gasteiger partial charge in [0, 0.05) is 6.07 Å². The fraction of sp³-hybridized carbons (Fsp3) is 0.227. The summed E-state index contributed by atoms with van der Waals surface area (Å²) in [4.78, 5) is 35.8. The first-order valence-electron chi connectivity index (χ1n) is 9.03. The number of hydrogen-bond acceptors (Lipinski definition) is 7. The van der Waals surface area contributed by atoms with E-state index in [9.17, 15) is 14.4 Å². The van der Waals surface area contributed by atoms with Crippen LogP contribution in [0, 0.1) is 0 Å². The normalized spacial score (nSPS) is 14.7. The minimum Gasteiger partial charge on any atom is -0.479 e. The van der Waals surface area contributed by atoms with E-state index in [1.165, 1.54) is 7.11 Å². The van der Waals surface area contributed by atoms with E-state index in [0.717, 1.165) is 0 Å². The lowest BCUT2D eigenvalue weighted by Crippen LogP contribution is -2.26. The summed E-state index contributed by atoms with van der Waals surface area (Å²) in [6, 6.07) is 11.3. The number of fused-ring (bicyclic) bond motifs is 1. The highest BCUT2D eigenvalue weighted by Gasteiger charge is 2.28. The van der Waals surface area contributed by atoms with Crippen molar-refractivity contribution < 1.29 is 33.3 Å². The summed E-state index contributed by atoms with van der Waals surface area (Å²) in [7, 11) is 1.31. The number of allylic oxidation sites excluding steroid dienone is 1. The van der Waals surface area contributed by atoms with Crippen LogP contribution < -0.4 is 9.47 Å². The Balaban J connectivity index is 1.75. The zero-order valence-electron chi connectivity index (χ0n) is 16.3. The van der Waals surface area contributed by atoms with Gasteiger partial charge >= 0.3 is 11.9 Å². The molecule has 29 heavy (non-hydrogen) atoms. The van der Waals surface area contributed by atoms with Crippen LogP contribution in [0.1, 0.15) is 40.1 Å². The second kappa shape index (κ2) is 8.60. The summed E-state index contributed by atoms with van der Waals surface area (Å²) < 4.78 is 20.8. The van der Waals surface area contributed by atoms with Gasteiger partial charge in [0.15, 0.2) is 11.9 Å². The third kappa shape index (κ3) is 4.45. The van der Waals surface area contributed by atoms with Crippen LogP contribution in [0.2, 0.25) is 0 Å². The van der Waals surface area contributed by atoms with Gasteiger partial charge in [-0.1, -0.05) is 12.1 Å². The third-order valence-corrected chi connectivity index (χ3v) is 4.20. The van der Waals surface area contributed by atoms with Crippen molar-refractivity contribution in [3.05, 3.63) is 64.9 Å². The molecule has 0 saturated carbocycles. The van der Waals surface area contributed by atoms with E-state index in [2.05, 4.69) is 4.74 Å². The number of ketones is 1. The van der Waals surface area contributed by atoms with Gasteiger partial charge in [-0.15, -0.1) is 0 Å². The number of Topliss-reactive ketones (excluding diaryl/α,β-unsaturated/α-hetero) is 1. The van der Waals surface area contributed by atoms with Gasteiger partial charge in [-0.25, -0.2) is 9.59 Å². The first-order chi connectivity index (χ1) is 13.9. The molecule has 0 aromatic heterocycles. The van der Waals surface area contributed by atoms with Crippen LogP contribution in [-0.2, 0) is 14.3 Å². The van der Waals surface area contributed by atoms with E-state index in [1.54, 1.807) is 62.4 Å². The van der Waals surface area contributed by atoms with Crippen molar-refractivity contribution in [1.82, 2.24) is 0 Å². The number of carbonyl (C=O) groups is 3. The highest BCUT2D eigenvalue weighted by atomic mass is 16.6. The number of carbonyl (C=O) groups excluding carboxylic acids is 3. The molecule has 0 amide bonds. The topological polar surface area (TPSA) is 88.1 Å². The summed E-state index contributed by atoms with van der Waals surface area (Å²) >= 11 is 0. The first-order valence-corrected chi connectivity index (χ1v) is 9.03. The van der Waals surface area contributed by atoms with Crippen molar-refractivity contribution in [2.24, 2.45) is 0 Å². The quantitative estimate of drug-likeness (QED) is 0.546. The van der Waals surface area contributed by atoms with Gasteiger partial charge < -0.3 is 18.9 Å². The molecule has 0 fully saturated rings. The van der Waals surface area contributed by atoms with Crippen LogP contribution in [-0.4, -0.2) is 37.5 Å². The van der Waals surface area contributed by atoms with Crippen LogP contribution in [0.3, 0.4) is 0 Å². The molecule has 1 aliphatic rings. The monoisotopic (exact) mass is 396 g/mol. The highest BCUT2D eigenvalue weighted by molar-refractivity contribution is 6.14. The minimum absolute atomic E-state index is 0.154. The molecule has 0 radical (unpaired) electrons. The van der Waals surface area contributed by atoms with Crippen LogP contribution in [0.4, 0.5) is 0 Å². The minimum atomic E-state index is -0.784. The maximum absolute atomic E-state index is 12.6. The fourth-order valence-corrected chi connectivity index (χ4v) is 2.74. The van der Waals surface area contributed by atoms with Crippen molar-refractivity contribution in [2.75, 3.05) is 13.7 Å². The largest absolute Gasteiger partial charge is 0.479 e. The predicted octanol–water partition coefficient (Wildman–Crippen LogP) is 3.42. The van der Waals surface area contributed by atoms with Crippen LogP contribution in [0.5, 0.6) is 11.5 Å². The smallest absolute Gasteiger partial charge is 0.347 e. The number of rotatable bonds is 6. The zero-order chi connectivity index (χ0) is 21.0.